The Morgan fingerprint density at radius 1 is 0.430 bits per heavy atom. The number of benzene rings is 3. The number of carbonyl (C=O) groups is 9. The number of hydrogen-bond donors (Lipinski definition) is 9. The van der Waals surface area contributed by atoms with Crippen molar-refractivity contribution in [3.63, 3.8) is 0 Å². The van der Waals surface area contributed by atoms with Crippen LogP contribution in [0.5, 0.6) is 11.5 Å². The maximum atomic E-state index is 13.6. The van der Waals surface area contributed by atoms with Crippen LogP contribution in [0.25, 0.3) is 5.69 Å². The topological polar surface area (TPSA) is 461 Å². The zero-order valence-corrected chi connectivity index (χ0v) is 69.0. The summed E-state index contributed by atoms with van der Waals surface area (Å²) in [6.07, 6.45) is 8.81. The maximum Gasteiger partial charge on any atom is 0.291 e. The Morgan fingerprint density at radius 2 is 0.901 bits per heavy atom. The van der Waals surface area contributed by atoms with E-state index < -0.39 is 47.4 Å². The van der Waals surface area contributed by atoms with Crippen LogP contribution in [-0.2, 0) is 92.3 Å². The van der Waals surface area contributed by atoms with Gasteiger partial charge in [0.05, 0.1) is 142 Å². The van der Waals surface area contributed by atoms with Crippen LogP contribution in [-0.4, -0.2) is 257 Å². The molecular weight excluding hydrogens is 1590 g/mol. The lowest BCUT2D eigenvalue weighted by Gasteiger charge is -2.14. The standard InChI is InChI=1S/C80H100ClN21O19/c1-52-95-96-72-61(90-71(53-8-10-54(81)11-9-53)60-46-59(112-7)16-17-62(60)102(52)72)47-70(106)87-55-12-14-58(15-13-55)121-43-42-120-41-40-119-39-38-118-37-36-117-35-34-116-33-32-115-31-30-114-29-28-113-27-25-82-67(103)18-21-86-78(109)74-93-65(50-100(74)5)91-68(104)19-22-85-77(108)64-45-57(49-99(64)4)89-80(111)75-94-66(51-101(75)6)92-69(105)20-23-84-76(107)63-44-56(48-98(63)3)88-79(110)73-83-24-26-97(73)2/h8-17,24,26,44-46,48-51,61H,18-23,25,27-43,47H2,1-7H3,(H,82,103)(H,84,107)(H,85,108)(H,86,109)(H,87,106)(H,88,110)(H,89,111)(H,91,104)(H,92,105). The van der Waals surface area contributed by atoms with Crippen LogP contribution >= 0.6 is 11.6 Å². The molecule has 3 aromatic carbocycles. The highest BCUT2D eigenvalue weighted by Crippen LogP contribution is 2.35. The number of ether oxygens (including phenoxy) is 10. The van der Waals surface area contributed by atoms with Crippen molar-refractivity contribution in [1.29, 1.82) is 0 Å². The van der Waals surface area contributed by atoms with Crippen LogP contribution < -0.4 is 57.3 Å². The number of aryl methyl sites for hydroxylation is 6. The molecule has 0 saturated heterocycles. The van der Waals surface area contributed by atoms with Crippen molar-refractivity contribution < 1.29 is 90.5 Å². The van der Waals surface area contributed by atoms with Gasteiger partial charge in [-0.1, -0.05) is 23.7 Å². The molecule has 10 rings (SSSR count). The van der Waals surface area contributed by atoms with E-state index in [9.17, 15) is 43.2 Å². The van der Waals surface area contributed by atoms with Crippen molar-refractivity contribution >= 4 is 99.2 Å². The second-order valence-corrected chi connectivity index (χ2v) is 27.6. The fraction of sp³-hybridized carbons (Fsp3) is 0.412. The Labute approximate surface area is 701 Å². The van der Waals surface area contributed by atoms with E-state index in [-0.39, 0.29) is 116 Å². The van der Waals surface area contributed by atoms with E-state index in [1.807, 2.05) is 41.8 Å². The molecule has 121 heavy (non-hydrogen) atoms. The molecule has 1 aliphatic heterocycles. The molecule has 9 amide bonds. The van der Waals surface area contributed by atoms with Crippen molar-refractivity contribution in [2.75, 3.05) is 172 Å². The van der Waals surface area contributed by atoms with Gasteiger partial charge in [0.25, 0.3) is 29.5 Å². The summed E-state index contributed by atoms with van der Waals surface area (Å²) in [5.74, 6) is -1.43. The van der Waals surface area contributed by atoms with Gasteiger partial charge in [-0.25, -0.2) is 15.0 Å². The first-order valence-electron chi connectivity index (χ1n) is 38.9. The normalized spacial score (nSPS) is 12.2. The summed E-state index contributed by atoms with van der Waals surface area (Å²) in [4.78, 5) is 134. The van der Waals surface area contributed by atoms with E-state index in [4.69, 9.17) is 64.0 Å². The first kappa shape index (κ1) is 90.8. The number of nitrogens with one attached hydrogen (secondary N) is 9. The van der Waals surface area contributed by atoms with Crippen LogP contribution in [0.1, 0.15) is 107 Å². The fourth-order valence-corrected chi connectivity index (χ4v) is 12.2. The summed E-state index contributed by atoms with van der Waals surface area (Å²) in [6.45, 7) is 8.42. The minimum absolute atomic E-state index is 0.00507. The van der Waals surface area contributed by atoms with Gasteiger partial charge in [0.15, 0.2) is 23.3 Å². The van der Waals surface area contributed by atoms with Crippen molar-refractivity contribution in [3.8, 4) is 17.2 Å². The molecule has 40 nitrogen and oxygen atoms in total. The van der Waals surface area contributed by atoms with Gasteiger partial charge in [-0.3, -0.25) is 52.7 Å². The maximum absolute atomic E-state index is 13.6. The van der Waals surface area contributed by atoms with Crippen molar-refractivity contribution in [2.24, 2.45) is 40.2 Å². The second kappa shape index (κ2) is 46.7. The van der Waals surface area contributed by atoms with Gasteiger partial charge in [0.1, 0.15) is 41.4 Å². The molecule has 41 heteroatoms. The van der Waals surface area contributed by atoms with Gasteiger partial charge in [-0.15, -0.1) is 10.2 Å². The number of rotatable bonds is 51. The molecule has 7 heterocycles. The molecular formula is C80H100ClN21O19. The van der Waals surface area contributed by atoms with Crippen LogP contribution in [0.2, 0.25) is 5.02 Å². The van der Waals surface area contributed by atoms with Gasteiger partial charge in [-0.05, 0) is 73.7 Å². The molecule has 646 valence electrons. The molecule has 0 bridgehead atoms. The van der Waals surface area contributed by atoms with Gasteiger partial charge < -0.3 is 118 Å². The van der Waals surface area contributed by atoms with E-state index >= 15 is 0 Å². The van der Waals surface area contributed by atoms with E-state index in [0.717, 1.165) is 16.8 Å². The average molecular weight is 1700 g/mol. The highest BCUT2D eigenvalue weighted by atomic mass is 35.5. The summed E-state index contributed by atoms with van der Waals surface area (Å²) in [7, 11) is 9.65. The number of halogens is 1. The molecule has 1 atom stereocenters. The number of carbonyl (C=O) groups excluding carboxylic acids is 9. The quantitative estimate of drug-likeness (QED) is 0.0237. The van der Waals surface area contributed by atoms with Crippen molar-refractivity contribution in [2.45, 2.75) is 38.6 Å². The Balaban J connectivity index is 0.467. The third-order valence-electron chi connectivity index (χ3n) is 18.1. The number of fused-ring (bicyclic) bond motifs is 3. The Bertz CT molecular complexity index is 5010. The van der Waals surface area contributed by atoms with Gasteiger partial charge in [0, 0.05) is 140 Å². The third-order valence-corrected chi connectivity index (χ3v) is 18.3. The molecule has 0 fully saturated rings. The van der Waals surface area contributed by atoms with E-state index in [1.165, 1.54) is 55.2 Å². The third kappa shape index (κ3) is 28.0. The average Bonchev–Trinajstić information content (AvgIpc) is 1.64. The number of amides is 9. The monoisotopic (exact) mass is 1690 g/mol. The molecule has 0 spiro atoms. The highest BCUT2D eigenvalue weighted by molar-refractivity contribution is 6.30. The minimum Gasteiger partial charge on any atom is -0.497 e. The number of imidazole rings is 3. The Hall–Kier alpha value is -12.5. The molecule has 9 aromatic rings. The summed E-state index contributed by atoms with van der Waals surface area (Å²) < 4.78 is 65.3. The Kier molecular flexibility index (Phi) is 35.0. The molecule has 6 aromatic heterocycles. The number of methoxy groups -OCH3 is 1. The van der Waals surface area contributed by atoms with Crippen molar-refractivity contribution in [1.82, 2.24) is 73.8 Å². The van der Waals surface area contributed by atoms with E-state index in [2.05, 4.69) is 73.0 Å². The van der Waals surface area contributed by atoms with Gasteiger partial charge in [0.2, 0.25) is 35.3 Å². The minimum atomic E-state index is -0.655. The first-order valence-corrected chi connectivity index (χ1v) is 39.2. The van der Waals surface area contributed by atoms with E-state index in [1.54, 1.807) is 95.7 Å². The summed E-state index contributed by atoms with van der Waals surface area (Å²) >= 11 is 6.25. The molecule has 1 aliphatic rings. The van der Waals surface area contributed by atoms with Crippen LogP contribution in [0.3, 0.4) is 0 Å². The smallest absolute Gasteiger partial charge is 0.291 e. The van der Waals surface area contributed by atoms with Crippen LogP contribution in [0, 0.1) is 6.92 Å². The number of anilines is 5. The Morgan fingerprint density at radius 3 is 1.40 bits per heavy atom. The zero-order chi connectivity index (χ0) is 86.0. The number of nitrogens with zero attached hydrogens (tertiary/aromatic N) is 12. The lowest BCUT2D eigenvalue weighted by Crippen LogP contribution is -2.33. The highest BCUT2D eigenvalue weighted by Gasteiger charge is 2.31. The summed E-state index contributed by atoms with van der Waals surface area (Å²) in [6, 6.07) is 22.5. The molecule has 9 N–H and O–H groups in total. The summed E-state index contributed by atoms with van der Waals surface area (Å²) in [5.41, 5.74) is 4.77. The van der Waals surface area contributed by atoms with Gasteiger partial charge in [-0.2, -0.15) is 0 Å². The lowest BCUT2D eigenvalue weighted by atomic mass is 10.00. The molecule has 0 saturated carbocycles. The van der Waals surface area contributed by atoms with E-state index in [0.29, 0.717) is 151 Å². The fourth-order valence-electron chi connectivity index (χ4n) is 12.1. The molecule has 1 unspecified atom stereocenters. The predicted octanol–water partition coefficient (Wildman–Crippen LogP) is 4.51. The number of hydrogen-bond acceptors (Lipinski definition) is 25. The SMILES string of the molecule is COc1ccc2c(c1)C(c1ccc(Cl)cc1)=NC(CC(=O)Nc1ccc(OCCOCCOCCOCCOCCOCCOCCOCCOCCNC(=O)CCNC(=O)c3nc(NC(=O)CCNC(=O)c4cc(NC(=O)c5nc(NC(=O)CCNC(=O)c6cc(NC(=O)c7nccn7C)cn6C)cn5C)cn4C)cn3C)cc1)c1nnc(C)n1-2. The van der Waals surface area contributed by atoms with Crippen molar-refractivity contribution in [3.05, 3.63) is 173 Å². The largest absolute Gasteiger partial charge is 0.497 e. The van der Waals surface area contributed by atoms with Crippen LogP contribution in [0.15, 0.2) is 121 Å². The summed E-state index contributed by atoms with van der Waals surface area (Å²) in [5, 5.41) is 33.7. The molecule has 0 aliphatic carbocycles. The van der Waals surface area contributed by atoms with Gasteiger partial charge >= 0.3 is 0 Å². The zero-order valence-electron chi connectivity index (χ0n) is 68.2. The molecule has 0 radical (unpaired) electrons. The first-order chi connectivity index (χ1) is 58.6. The number of aromatic nitrogens is 11. The predicted molar refractivity (Wildman–Crippen MR) is 442 cm³/mol. The number of aliphatic imine (C=N–C) groups is 1. The van der Waals surface area contributed by atoms with Crippen LogP contribution in [0.4, 0.5) is 28.7 Å². The lowest BCUT2D eigenvalue weighted by molar-refractivity contribution is -0.121. The second-order valence-electron chi connectivity index (χ2n) is 27.2.